The maximum Gasteiger partial charge on any atom is 0.264 e. The van der Waals surface area contributed by atoms with Crippen molar-refractivity contribution in [2.45, 2.75) is 44.7 Å². The van der Waals surface area contributed by atoms with Gasteiger partial charge in [-0.15, -0.1) is 11.3 Å². The van der Waals surface area contributed by atoms with Gasteiger partial charge in [0, 0.05) is 24.5 Å². The second-order valence-electron chi connectivity index (χ2n) is 9.11. The van der Waals surface area contributed by atoms with Crippen molar-refractivity contribution >= 4 is 40.7 Å². The molecule has 0 spiro atoms. The van der Waals surface area contributed by atoms with Crippen molar-refractivity contribution in [2.75, 3.05) is 24.5 Å². The van der Waals surface area contributed by atoms with Gasteiger partial charge in [0.25, 0.3) is 11.8 Å². The smallest absolute Gasteiger partial charge is 0.264 e. The number of nitrogens with one attached hydrogen (secondary N) is 2. The number of thiophene rings is 1. The van der Waals surface area contributed by atoms with Crippen LogP contribution in [0.25, 0.3) is 0 Å². The van der Waals surface area contributed by atoms with Crippen molar-refractivity contribution in [3.8, 4) is 0 Å². The second kappa shape index (κ2) is 9.58. The van der Waals surface area contributed by atoms with E-state index in [4.69, 9.17) is 0 Å². The Morgan fingerprint density at radius 1 is 1.06 bits per heavy atom. The number of fused-ring (bicyclic) bond motifs is 1. The standard InChI is InChI=1S/C25H28N4O4S/c30-22(27-19-9-1-2-11-26-23(19)31)16-6-4-12-28(14-16)20-10-3-8-18-21(20)25(33)29(24(18)32)15-17-7-5-13-34-17/h3,5,7-8,10,13,16,19H,1-2,4,6,9,11-12,14-15H2,(H,26,31)(H,27,30)/t16?,19-/m0/s1. The molecule has 4 amide bonds. The number of amides is 4. The largest absolute Gasteiger partial charge is 0.370 e. The quantitative estimate of drug-likeness (QED) is 0.641. The van der Waals surface area contributed by atoms with E-state index in [1.54, 1.807) is 12.1 Å². The normalized spacial score (nSPS) is 22.9. The molecule has 2 saturated heterocycles. The second-order valence-corrected chi connectivity index (χ2v) is 10.1. The van der Waals surface area contributed by atoms with Crippen LogP contribution in [-0.2, 0) is 16.1 Å². The lowest BCUT2D eigenvalue weighted by atomic mass is 9.94. The van der Waals surface area contributed by atoms with Crippen LogP contribution >= 0.6 is 11.3 Å². The minimum absolute atomic E-state index is 0.116. The minimum atomic E-state index is -0.489. The number of benzene rings is 1. The molecule has 34 heavy (non-hydrogen) atoms. The number of carbonyl (C=O) groups is 4. The molecule has 2 fully saturated rings. The summed E-state index contributed by atoms with van der Waals surface area (Å²) in [6, 6.07) is 8.69. The van der Waals surface area contributed by atoms with Gasteiger partial charge in [0.2, 0.25) is 11.8 Å². The van der Waals surface area contributed by atoms with Gasteiger partial charge in [-0.1, -0.05) is 12.1 Å². The molecular weight excluding hydrogens is 452 g/mol. The molecule has 3 aliphatic rings. The van der Waals surface area contributed by atoms with E-state index in [1.165, 1.54) is 16.2 Å². The highest BCUT2D eigenvalue weighted by molar-refractivity contribution is 7.09. The molecular formula is C25H28N4O4S. The fraction of sp³-hybridized carbons (Fsp3) is 0.440. The van der Waals surface area contributed by atoms with Gasteiger partial charge in [-0.25, -0.2) is 0 Å². The zero-order valence-electron chi connectivity index (χ0n) is 18.9. The summed E-state index contributed by atoms with van der Waals surface area (Å²) in [5.74, 6) is -1.09. The molecule has 1 aromatic heterocycles. The van der Waals surface area contributed by atoms with Gasteiger partial charge in [-0.2, -0.15) is 0 Å². The van der Waals surface area contributed by atoms with Crippen molar-refractivity contribution in [3.05, 3.63) is 51.7 Å². The zero-order valence-corrected chi connectivity index (χ0v) is 19.7. The lowest BCUT2D eigenvalue weighted by Crippen LogP contribution is -2.50. The number of nitrogens with zero attached hydrogens (tertiary/aromatic N) is 2. The Labute approximate surface area is 202 Å². The minimum Gasteiger partial charge on any atom is -0.370 e. The van der Waals surface area contributed by atoms with Crippen molar-refractivity contribution in [3.63, 3.8) is 0 Å². The van der Waals surface area contributed by atoms with Crippen LogP contribution < -0.4 is 15.5 Å². The molecule has 9 heteroatoms. The molecule has 0 radical (unpaired) electrons. The first kappa shape index (κ1) is 22.6. The molecule has 5 rings (SSSR count). The average molecular weight is 481 g/mol. The number of piperidine rings is 1. The monoisotopic (exact) mass is 480 g/mol. The molecule has 2 atom stereocenters. The molecule has 2 N–H and O–H groups in total. The number of hydrogen-bond donors (Lipinski definition) is 2. The summed E-state index contributed by atoms with van der Waals surface area (Å²) in [4.78, 5) is 55.9. The molecule has 0 bridgehead atoms. The van der Waals surface area contributed by atoms with E-state index in [0.29, 0.717) is 42.9 Å². The van der Waals surface area contributed by atoms with Crippen molar-refractivity contribution in [1.82, 2.24) is 15.5 Å². The molecule has 8 nitrogen and oxygen atoms in total. The first-order valence-electron chi connectivity index (χ1n) is 11.9. The Hall–Kier alpha value is -3.20. The Bertz CT molecular complexity index is 1120. The third-order valence-corrected chi connectivity index (χ3v) is 7.72. The van der Waals surface area contributed by atoms with E-state index in [9.17, 15) is 19.2 Å². The molecule has 0 aliphatic carbocycles. The number of hydrogen-bond acceptors (Lipinski definition) is 6. The Morgan fingerprint density at radius 3 is 2.76 bits per heavy atom. The van der Waals surface area contributed by atoms with Crippen LogP contribution in [0, 0.1) is 5.92 Å². The predicted octanol–water partition coefficient (Wildman–Crippen LogP) is 2.55. The number of anilines is 1. The van der Waals surface area contributed by atoms with Crippen molar-refractivity contribution in [2.24, 2.45) is 5.92 Å². The first-order chi connectivity index (χ1) is 16.5. The Kier molecular flexibility index (Phi) is 6.36. The zero-order chi connectivity index (χ0) is 23.7. The maximum atomic E-state index is 13.3. The predicted molar refractivity (Wildman–Crippen MR) is 129 cm³/mol. The Balaban J connectivity index is 1.32. The van der Waals surface area contributed by atoms with E-state index in [2.05, 4.69) is 10.6 Å². The summed E-state index contributed by atoms with van der Waals surface area (Å²) in [6.07, 6.45) is 3.99. The average Bonchev–Trinajstić information content (AvgIpc) is 3.39. The van der Waals surface area contributed by atoms with E-state index in [0.717, 1.165) is 30.6 Å². The van der Waals surface area contributed by atoms with Crippen LogP contribution in [0.1, 0.15) is 57.7 Å². The van der Waals surface area contributed by atoms with Gasteiger partial charge in [0.15, 0.2) is 0 Å². The molecule has 1 aromatic carbocycles. The van der Waals surface area contributed by atoms with Crippen LogP contribution in [0.4, 0.5) is 5.69 Å². The molecule has 4 heterocycles. The van der Waals surface area contributed by atoms with Gasteiger partial charge in [-0.3, -0.25) is 24.1 Å². The van der Waals surface area contributed by atoms with Gasteiger partial charge in [0.1, 0.15) is 6.04 Å². The van der Waals surface area contributed by atoms with Crippen LogP contribution in [0.5, 0.6) is 0 Å². The van der Waals surface area contributed by atoms with Gasteiger partial charge in [-0.05, 0) is 55.7 Å². The summed E-state index contributed by atoms with van der Waals surface area (Å²) < 4.78 is 0. The first-order valence-corrected chi connectivity index (χ1v) is 12.8. The fourth-order valence-corrected chi connectivity index (χ4v) is 5.75. The van der Waals surface area contributed by atoms with E-state index >= 15 is 0 Å². The van der Waals surface area contributed by atoms with Gasteiger partial charge >= 0.3 is 0 Å². The topological polar surface area (TPSA) is 98.8 Å². The van der Waals surface area contributed by atoms with Crippen molar-refractivity contribution < 1.29 is 19.2 Å². The third kappa shape index (κ3) is 4.32. The van der Waals surface area contributed by atoms with E-state index in [1.807, 2.05) is 28.5 Å². The molecule has 3 aliphatic heterocycles. The summed E-state index contributed by atoms with van der Waals surface area (Å²) in [5, 5.41) is 7.73. The van der Waals surface area contributed by atoms with Gasteiger partial charge < -0.3 is 15.5 Å². The van der Waals surface area contributed by atoms with Crippen LogP contribution in [0.3, 0.4) is 0 Å². The summed E-state index contributed by atoms with van der Waals surface area (Å²) in [7, 11) is 0. The highest BCUT2D eigenvalue weighted by Crippen LogP contribution is 2.35. The molecule has 2 aromatic rings. The summed E-state index contributed by atoms with van der Waals surface area (Å²) in [6.45, 7) is 2.06. The van der Waals surface area contributed by atoms with Crippen LogP contribution in [-0.4, -0.2) is 54.2 Å². The van der Waals surface area contributed by atoms with Gasteiger partial charge in [0.05, 0.1) is 29.3 Å². The summed E-state index contributed by atoms with van der Waals surface area (Å²) in [5.41, 5.74) is 1.54. The highest BCUT2D eigenvalue weighted by Gasteiger charge is 2.39. The van der Waals surface area contributed by atoms with Crippen LogP contribution in [0.2, 0.25) is 0 Å². The van der Waals surface area contributed by atoms with E-state index in [-0.39, 0.29) is 36.1 Å². The summed E-state index contributed by atoms with van der Waals surface area (Å²) >= 11 is 1.51. The fourth-order valence-electron chi connectivity index (χ4n) is 5.06. The molecule has 1 unspecified atom stereocenters. The van der Waals surface area contributed by atoms with Crippen molar-refractivity contribution in [1.29, 1.82) is 0 Å². The lowest BCUT2D eigenvalue weighted by Gasteiger charge is -2.35. The highest BCUT2D eigenvalue weighted by atomic mass is 32.1. The van der Waals surface area contributed by atoms with Crippen LogP contribution in [0.15, 0.2) is 35.7 Å². The number of carbonyl (C=O) groups excluding carboxylic acids is 4. The molecule has 178 valence electrons. The lowest BCUT2D eigenvalue weighted by molar-refractivity contribution is -0.131. The number of rotatable bonds is 5. The maximum absolute atomic E-state index is 13.3. The molecule has 0 saturated carbocycles. The number of imide groups is 1. The Morgan fingerprint density at radius 2 is 1.94 bits per heavy atom. The third-order valence-electron chi connectivity index (χ3n) is 6.86. The SMILES string of the molecule is O=C(N[C@H]1CCCCNC1=O)C1CCCN(c2cccc3c2C(=O)N(Cc2cccs2)C3=O)C1. The van der Waals surface area contributed by atoms with E-state index < -0.39 is 6.04 Å².